The zero-order chi connectivity index (χ0) is 8.55. The van der Waals surface area contributed by atoms with Gasteiger partial charge in [0.15, 0.2) is 0 Å². The molecule has 0 radical (unpaired) electrons. The van der Waals surface area contributed by atoms with E-state index in [-0.39, 0.29) is 18.4 Å². The van der Waals surface area contributed by atoms with Gasteiger partial charge in [-0.3, -0.25) is 4.79 Å². The van der Waals surface area contributed by atoms with Crippen molar-refractivity contribution in [3.8, 4) is 0 Å². The Hall–Kier alpha value is -0.280. The summed E-state index contributed by atoms with van der Waals surface area (Å²) in [5.41, 5.74) is 0. The molecule has 4 heteroatoms. The van der Waals surface area contributed by atoms with Crippen molar-refractivity contribution in [3.63, 3.8) is 0 Å². The first kappa shape index (κ1) is 10.8. The summed E-state index contributed by atoms with van der Waals surface area (Å²) < 4.78 is 0. The maximum Gasteiger partial charge on any atom is 0.320 e. The molecule has 2 fully saturated rings. The van der Waals surface area contributed by atoms with Crippen molar-refractivity contribution in [1.82, 2.24) is 5.32 Å². The Morgan fingerprint density at radius 1 is 1.31 bits per heavy atom. The Morgan fingerprint density at radius 3 is 2.62 bits per heavy atom. The van der Waals surface area contributed by atoms with E-state index in [1.165, 1.54) is 25.7 Å². The molecule has 3 nitrogen and oxygen atoms in total. The molecule has 1 saturated heterocycles. The first-order valence-corrected chi connectivity index (χ1v) is 4.76. The summed E-state index contributed by atoms with van der Waals surface area (Å²) in [5, 5.41) is 12.0. The number of aliphatic carboxylic acids is 1. The molecule has 1 heterocycles. The first-order valence-electron chi connectivity index (χ1n) is 4.76. The quantitative estimate of drug-likeness (QED) is 0.681. The zero-order valence-electron chi connectivity index (χ0n) is 7.53. The number of rotatable bonds is 1. The molecule has 0 bridgehead atoms. The van der Waals surface area contributed by atoms with E-state index in [1.807, 2.05) is 0 Å². The molecule has 2 N–H and O–H groups in total. The van der Waals surface area contributed by atoms with Crippen molar-refractivity contribution < 1.29 is 9.90 Å². The minimum absolute atomic E-state index is 0. The molecule has 0 aromatic carbocycles. The molecule has 0 spiro atoms. The lowest BCUT2D eigenvalue weighted by molar-refractivity contribution is -0.139. The standard InChI is InChI=1S/C9H15NO2.ClH/c11-9(12)8-5-6-3-1-2-4-7(6)10-8;/h6-8,10H,1-5H2,(H,11,12);1H/t6?,7?,8-;/m0./s1. The number of hydrogen-bond donors (Lipinski definition) is 2. The van der Waals surface area contributed by atoms with Gasteiger partial charge in [0.1, 0.15) is 6.04 Å². The number of carboxylic acid groups (broad SMARTS) is 1. The van der Waals surface area contributed by atoms with Crippen LogP contribution in [0.4, 0.5) is 0 Å². The van der Waals surface area contributed by atoms with E-state index in [1.54, 1.807) is 0 Å². The third kappa shape index (κ3) is 2.15. The average Bonchev–Trinajstić information content (AvgIpc) is 2.46. The number of fused-ring (bicyclic) bond motifs is 1. The predicted octanol–water partition coefficient (Wildman–Crippen LogP) is 1.41. The van der Waals surface area contributed by atoms with E-state index in [9.17, 15) is 4.79 Å². The summed E-state index contributed by atoms with van der Waals surface area (Å²) in [6.45, 7) is 0. The minimum Gasteiger partial charge on any atom is -0.480 e. The molecule has 1 aliphatic heterocycles. The van der Waals surface area contributed by atoms with Gasteiger partial charge in [-0.15, -0.1) is 12.4 Å². The van der Waals surface area contributed by atoms with Crippen molar-refractivity contribution in [2.24, 2.45) is 5.92 Å². The third-order valence-corrected chi connectivity index (χ3v) is 3.16. The van der Waals surface area contributed by atoms with Crippen molar-refractivity contribution >= 4 is 18.4 Å². The van der Waals surface area contributed by atoms with Crippen LogP contribution >= 0.6 is 12.4 Å². The van der Waals surface area contributed by atoms with Gasteiger partial charge in [0.25, 0.3) is 0 Å². The summed E-state index contributed by atoms with van der Waals surface area (Å²) >= 11 is 0. The van der Waals surface area contributed by atoms with Crippen LogP contribution in [0.15, 0.2) is 0 Å². The fourth-order valence-electron chi connectivity index (χ4n) is 2.51. The summed E-state index contributed by atoms with van der Waals surface area (Å²) in [5.74, 6) is -0.0377. The summed E-state index contributed by atoms with van der Waals surface area (Å²) in [6, 6.07) is 0.234. The van der Waals surface area contributed by atoms with Crippen LogP contribution in [0.3, 0.4) is 0 Å². The van der Waals surface area contributed by atoms with E-state index < -0.39 is 5.97 Å². The molecule has 0 aromatic heterocycles. The van der Waals surface area contributed by atoms with Gasteiger partial charge < -0.3 is 10.4 Å². The highest BCUT2D eigenvalue weighted by atomic mass is 35.5. The topological polar surface area (TPSA) is 49.3 Å². The maximum atomic E-state index is 10.7. The Balaban J connectivity index is 0.000000845. The predicted molar refractivity (Wildman–Crippen MR) is 52.2 cm³/mol. The van der Waals surface area contributed by atoms with Crippen molar-refractivity contribution in [3.05, 3.63) is 0 Å². The van der Waals surface area contributed by atoms with Crippen LogP contribution in [0.2, 0.25) is 0 Å². The second-order valence-electron chi connectivity index (χ2n) is 3.94. The van der Waals surface area contributed by atoms with Crippen molar-refractivity contribution in [2.75, 3.05) is 0 Å². The van der Waals surface area contributed by atoms with Crippen molar-refractivity contribution in [2.45, 2.75) is 44.2 Å². The second-order valence-corrected chi connectivity index (χ2v) is 3.94. The minimum atomic E-state index is -0.676. The number of halogens is 1. The fourth-order valence-corrected chi connectivity index (χ4v) is 2.51. The summed E-state index contributed by atoms with van der Waals surface area (Å²) in [6.07, 6.45) is 5.80. The molecule has 2 aliphatic rings. The Labute approximate surface area is 84.3 Å². The second kappa shape index (κ2) is 4.29. The molecule has 2 unspecified atom stereocenters. The molecule has 1 aliphatic carbocycles. The van der Waals surface area contributed by atoms with Gasteiger partial charge in [-0.1, -0.05) is 12.8 Å². The normalized spacial score (nSPS) is 37.7. The molecule has 13 heavy (non-hydrogen) atoms. The average molecular weight is 206 g/mol. The number of carboxylic acids is 1. The van der Waals surface area contributed by atoms with E-state index in [0.29, 0.717) is 12.0 Å². The lowest BCUT2D eigenvalue weighted by Crippen LogP contribution is -2.36. The molecule has 0 amide bonds. The zero-order valence-corrected chi connectivity index (χ0v) is 8.35. The van der Waals surface area contributed by atoms with E-state index >= 15 is 0 Å². The third-order valence-electron chi connectivity index (χ3n) is 3.16. The lowest BCUT2D eigenvalue weighted by Gasteiger charge is -2.24. The van der Waals surface area contributed by atoms with Gasteiger partial charge >= 0.3 is 5.97 Å². The van der Waals surface area contributed by atoms with Gasteiger partial charge in [0, 0.05) is 6.04 Å². The molecule has 0 aromatic rings. The SMILES string of the molecule is Cl.O=C(O)[C@@H]1CC2CCCCC2N1. The Bertz CT molecular complexity index is 184. The molecule has 76 valence electrons. The van der Waals surface area contributed by atoms with Crippen LogP contribution in [-0.2, 0) is 4.79 Å². The summed E-state index contributed by atoms with van der Waals surface area (Å²) in [4.78, 5) is 10.7. The molecule has 3 atom stereocenters. The molecule has 2 rings (SSSR count). The largest absolute Gasteiger partial charge is 0.480 e. The Morgan fingerprint density at radius 2 is 2.00 bits per heavy atom. The molecular weight excluding hydrogens is 190 g/mol. The van der Waals surface area contributed by atoms with Crippen LogP contribution < -0.4 is 5.32 Å². The highest BCUT2D eigenvalue weighted by Crippen LogP contribution is 2.32. The highest BCUT2D eigenvalue weighted by Gasteiger charge is 2.37. The highest BCUT2D eigenvalue weighted by molar-refractivity contribution is 5.85. The first-order chi connectivity index (χ1) is 5.77. The maximum absolute atomic E-state index is 10.7. The summed E-state index contributed by atoms with van der Waals surface area (Å²) in [7, 11) is 0. The van der Waals surface area contributed by atoms with Crippen LogP contribution in [0.1, 0.15) is 32.1 Å². The van der Waals surface area contributed by atoms with Crippen LogP contribution in [0.25, 0.3) is 0 Å². The Kier molecular flexibility index (Phi) is 3.56. The van der Waals surface area contributed by atoms with Crippen LogP contribution in [0, 0.1) is 5.92 Å². The van der Waals surface area contributed by atoms with E-state index in [2.05, 4.69) is 5.32 Å². The monoisotopic (exact) mass is 205 g/mol. The smallest absolute Gasteiger partial charge is 0.320 e. The fraction of sp³-hybridized carbons (Fsp3) is 0.889. The van der Waals surface area contributed by atoms with Gasteiger partial charge in [-0.25, -0.2) is 0 Å². The van der Waals surface area contributed by atoms with Gasteiger partial charge in [-0.2, -0.15) is 0 Å². The van der Waals surface area contributed by atoms with Crippen LogP contribution in [-0.4, -0.2) is 23.2 Å². The molecule has 1 saturated carbocycles. The van der Waals surface area contributed by atoms with Gasteiger partial charge in [0.05, 0.1) is 0 Å². The van der Waals surface area contributed by atoms with E-state index in [4.69, 9.17) is 5.11 Å². The molecular formula is C9H16ClNO2. The van der Waals surface area contributed by atoms with E-state index in [0.717, 1.165) is 6.42 Å². The number of nitrogens with one attached hydrogen (secondary N) is 1. The lowest BCUT2D eigenvalue weighted by atomic mass is 9.85. The van der Waals surface area contributed by atoms with Gasteiger partial charge in [-0.05, 0) is 25.2 Å². The number of carbonyl (C=O) groups is 1. The van der Waals surface area contributed by atoms with Crippen molar-refractivity contribution in [1.29, 1.82) is 0 Å². The number of hydrogen-bond acceptors (Lipinski definition) is 2. The van der Waals surface area contributed by atoms with Crippen LogP contribution in [0.5, 0.6) is 0 Å². The van der Waals surface area contributed by atoms with Gasteiger partial charge in [0.2, 0.25) is 0 Å².